The zero-order chi connectivity index (χ0) is 14.9. The minimum absolute atomic E-state index is 0.368. The zero-order valence-electron chi connectivity index (χ0n) is 13.1. The molecule has 1 aromatic rings. The number of hydrogen-bond donors (Lipinski definition) is 1. The van der Waals surface area contributed by atoms with Crippen LogP contribution in [0.15, 0.2) is 4.52 Å². The van der Waals surface area contributed by atoms with E-state index in [4.69, 9.17) is 14.0 Å². The molecule has 0 aliphatic heterocycles. The molecule has 2 rings (SSSR count). The van der Waals surface area contributed by atoms with Crippen LogP contribution in [0.2, 0.25) is 0 Å². The third-order valence-electron chi connectivity index (χ3n) is 3.88. The standard InChI is InChI=1S/C15H27N3O3/c1-3-8-16-13-6-4-5-12(13)15-17-14(18-21-15)7-9-20-11-10-19-2/h12-13,16H,3-11H2,1-2H3. The van der Waals surface area contributed by atoms with Crippen LogP contribution in [-0.4, -0.2) is 49.7 Å². The van der Waals surface area contributed by atoms with Crippen LogP contribution in [0.4, 0.5) is 0 Å². The Morgan fingerprint density at radius 3 is 3.00 bits per heavy atom. The minimum atomic E-state index is 0.368. The molecule has 2 atom stereocenters. The predicted octanol–water partition coefficient (Wildman–Crippen LogP) is 1.91. The van der Waals surface area contributed by atoms with E-state index in [-0.39, 0.29) is 0 Å². The van der Waals surface area contributed by atoms with E-state index < -0.39 is 0 Å². The molecule has 1 aromatic heterocycles. The molecule has 6 heteroatoms. The number of nitrogens with zero attached hydrogens (tertiary/aromatic N) is 2. The van der Waals surface area contributed by atoms with E-state index in [2.05, 4.69) is 22.4 Å². The van der Waals surface area contributed by atoms with Crippen molar-refractivity contribution in [1.82, 2.24) is 15.5 Å². The van der Waals surface area contributed by atoms with Crippen LogP contribution in [0, 0.1) is 0 Å². The first kappa shape index (κ1) is 16.4. The molecule has 0 saturated heterocycles. The van der Waals surface area contributed by atoms with Crippen LogP contribution in [0.1, 0.15) is 50.2 Å². The van der Waals surface area contributed by atoms with E-state index in [1.165, 1.54) is 12.8 Å². The molecule has 21 heavy (non-hydrogen) atoms. The fraction of sp³-hybridized carbons (Fsp3) is 0.867. The summed E-state index contributed by atoms with van der Waals surface area (Å²) in [6.45, 7) is 5.06. The lowest BCUT2D eigenvalue weighted by Gasteiger charge is -2.17. The van der Waals surface area contributed by atoms with Crippen LogP contribution in [0.3, 0.4) is 0 Å². The maximum absolute atomic E-state index is 5.46. The minimum Gasteiger partial charge on any atom is -0.382 e. The van der Waals surface area contributed by atoms with Gasteiger partial charge in [-0.1, -0.05) is 18.5 Å². The van der Waals surface area contributed by atoms with Crippen molar-refractivity contribution in [3.05, 3.63) is 11.7 Å². The lowest BCUT2D eigenvalue weighted by molar-refractivity contribution is 0.0714. The molecule has 0 radical (unpaired) electrons. The van der Waals surface area contributed by atoms with Crippen molar-refractivity contribution in [1.29, 1.82) is 0 Å². The molecule has 2 unspecified atom stereocenters. The van der Waals surface area contributed by atoms with Gasteiger partial charge in [-0.25, -0.2) is 0 Å². The summed E-state index contributed by atoms with van der Waals surface area (Å²) in [6, 6.07) is 0.483. The largest absolute Gasteiger partial charge is 0.382 e. The van der Waals surface area contributed by atoms with Gasteiger partial charge in [0.25, 0.3) is 0 Å². The molecule has 6 nitrogen and oxygen atoms in total. The third-order valence-corrected chi connectivity index (χ3v) is 3.88. The molecule has 0 spiro atoms. The van der Waals surface area contributed by atoms with Gasteiger partial charge in [-0.05, 0) is 25.8 Å². The van der Waals surface area contributed by atoms with Gasteiger partial charge < -0.3 is 19.3 Å². The van der Waals surface area contributed by atoms with Crippen molar-refractivity contribution in [3.8, 4) is 0 Å². The topological polar surface area (TPSA) is 69.4 Å². The monoisotopic (exact) mass is 297 g/mol. The highest BCUT2D eigenvalue weighted by Crippen LogP contribution is 2.33. The maximum Gasteiger partial charge on any atom is 0.231 e. The molecule has 1 fully saturated rings. The molecular weight excluding hydrogens is 270 g/mol. The Bertz CT molecular complexity index is 397. The van der Waals surface area contributed by atoms with Crippen molar-refractivity contribution in [3.63, 3.8) is 0 Å². The van der Waals surface area contributed by atoms with E-state index in [9.17, 15) is 0 Å². The fourth-order valence-corrected chi connectivity index (χ4v) is 2.76. The quantitative estimate of drug-likeness (QED) is 0.665. The highest BCUT2D eigenvalue weighted by molar-refractivity contribution is 5.03. The first-order chi connectivity index (χ1) is 10.3. The lowest BCUT2D eigenvalue weighted by atomic mass is 10.0. The Morgan fingerprint density at radius 2 is 2.19 bits per heavy atom. The summed E-state index contributed by atoms with van der Waals surface area (Å²) in [7, 11) is 1.67. The van der Waals surface area contributed by atoms with Crippen LogP contribution in [0.5, 0.6) is 0 Å². The fourth-order valence-electron chi connectivity index (χ4n) is 2.76. The van der Waals surface area contributed by atoms with Crippen LogP contribution >= 0.6 is 0 Å². The smallest absolute Gasteiger partial charge is 0.231 e. The summed E-state index contributed by atoms with van der Waals surface area (Å²) in [5, 5.41) is 7.66. The van der Waals surface area contributed by atoms with Crippen molar-refractivity contribution < 1.29 is 14.0 Å². The van der Waals surface area contributed by atoms with Crippen molar-refractivity contribution in [2.75, 3.05) is 33.5 Å². The Hall–Kier alpha value is -0.980. The van der Waals surface area contributed by atoms with E-state index in [1.807, 2.05) is 0 Å². The van der Waals surface area contributed by atoms with Gasteiger partial charge >= 0.3 is 0 Å². The van der Waals surface area contributed by atoms with E-state index in [0.717, 1.165) is 31.1 Å². The molecule has 1 saturated carbocycles. The van der Waals surface area contributed by atoms with Crippen LogP contribution < -0.4 is 5.32 Å². The molecule has 1 heterocycles. The molecule has 1 aliphatic rings. The van der Waals surface area contributed by atoms with Crippen molar-refractivity contribution in [2.24, 2.45) is 0 Å². The van der Waals surface area contributed by atoms with E-state index >= 15 is 0 Å². The highest BCUT2D eigenvalue weighted by Gasteiger charge is 2.32. The lowest BCUT2D eigenvalue weighted by Crippen LogP contribution is -2.31. The van der Waals surface area contributed by atoms with Gasteiger partial charge in [0.1, 0.15) is 0 Å². The van der Waals surface area contributed by atoms with E-state index in [1.54, 1.807) is 7.11 Å². The summed E-state index contributed by atoms with van der Waals surface area (Å²) in [5.74, 6) is 1.89. The molecule has 0 aromatic carbocycles. The van der Waals surface area contributed by atoms with Gasteiger partial charge in [0.2, 0.25) is 5.89 Å². The van der Waals surface area contributed by atoms with Crippen LogP contribution in [-0.2, 0) is 15.9 Å². The molecular formula is C15H27N3O3. The summed E-state index contributed by atoms with van der Waals surface area (Å²) < 4.78 is 15.8. The predicted molar refractivity (Wildman–Crippen MR) is 79.4 cm³/mol. The third kappa shape index (κ3) is 5.05. The Kier molecular flexibility index (Phi) is 7.12. The Labute approximate surface area is 126 Å². The van der Waals surface area contributed by atoms with Crippen LogP contribution in [0.25, 0.3) is 0 Å². The number of rotatable bonds is 10. The summed E-state index contributed by atoms with van der Waals surface area (Å²) in [4.78, 5) is 4.54. The van der Waals surface area contributed by atoms with Gasteiger partial charge in [-0.2, -0.15) is 4.98 Å². The second kappa shape index (κ2) is 9.12. The normalized spacial score (nSPS) is 22.0. The number of hydrogen-bond acceptors (Lipinski definition) is 6. The first-order valence-corrected chi connectivity index (χ1v) is 7.97. The van der Waals surface area contributed by atoms with Gasteiger partial charge in [0.15, 0.2) is 5.82 Å². The maximum atomic E-state index is 5.46. The number of nitrogens with one attached hydrogen (secondary N) is 1. The van der Waals surface area contributed by atoms with Gasteiger partial charge in [-0.15, -0.1) is 0 Å². The highest BCUT2D eigenvalue weighted by atomic mass is 16.5. The summed E-state index contributed by atoms with van der Waals surface area (Å²) >= 11 is 0. The van der Waals surface area contributed by atoms with E-state index in [0.29, 0.717) is 38.2 Å². The number of ether oxygens (including phenoxy) is 2. The average Bonchev–Trinajstić information content (AvgIpc) is 3.13. The summed E-state index contributed by atoms with van der Waals surface area (Å²) in [5.41, 5.74) is 0. The van der Waals surface area contributed by atoms with Gasteiger partial charge in [-0.3, -0.25) is 0 Å². The Balaban J connectivity index is 1.78. The molecule has 1 aliphatic carbocycles. The first-order valence-electron chi connectivity index (χ1n) is 7.97. The second-order valence-corrected chi connectivity index (χ2v) is 5.50. The number of aromatic nitrogens is 2. The van der Waals surface area contributed by atoms with Crippen molar-refractivity contribution >= 4 is 0 Å². The van der Waals surface area contributed by atoms with Gasteiger partial charge in [0, 0.05) is 19.6 Å². The molecule has 0 amide bonds. The Morgan fingerprint density at radius 1 is 1.29 bits per heavy atom. The molecule has 120 valence electrons. The molecule has 1 N–H and O–H groups in total. The number of methoxy groups -OCH3 is 1. The summed E-state index contributed by atoms with van der Waals surface area (Å²) in [6.07, 6.45) is 5.39. The zero-order valence-corrected chi connectivity index (χ0v) is 13.1. The molecule has 0 bridgehead atoms. The second-order valence-electron chi connectivity index (χ2n) is 5.50. The van der Waals surface area contributed by atoms with Gasteiger partial charge in [0.05, 0.1) is 25.7 Å². The SMILES string of the molecule is CCCNC1CCCC1c1nc(CCOCCOC)no1. The average molecular weight is 297 g/mol. The van der Waals surface area contributed by atoms with Crippen molar-refractivity contribution in [2.45, 2.75) is 51.0 Å².